The predicted molar refractivity (Wildman–Crippen MR) is 95.6 cm³/mol. The van der Waals surface area contributed by atoms with Gasteiger partial charge in [0.2, 0.25) is 11.7 Å². The first-order valence-electron chi connectivity index (χ1n) is 7.74. The molecule has 3 aromatic rings. The highest BCUT2D eigenvalue weighted by molar-refractivity contribution is 7.98. The molecule has 0 bridgehead atoms. The molecule has 0 N–H and O–H groups in total. The van der Waals surface area contributed by atoms with Crippen molar-refractivity contribution in [2.45, 2.75) is 24.4 Å². The zero-order valence-electron chi connectivity index (χ0n) is 14.0. The molecule has 1 aromatic carbocycles. The van der Waals surface area contributed by atoms with Gasteiger partial charge in [-0.05, 0) is 50.1 Å². The van der Waals surface area contributed by atoms with Crippen LogP contribution in [0.3, 0.4) is 0 Å². The first-order chi connectivity index (χ1) is 11.7. The van der Waals surface area contributed by atoms with Crippen LogP contribution in [0.25, 0.3) is 11.4 Å². The monoisotopic (exact) mass is 340 g/mol. The third-order valence-electron chi connectivity index (χ3n) is 3.97. The maximum absolute atomic E-state index is 5.44. The van der Waals surface area contributed by atoms with Crippen LogP contribution < -0.4 is 0 Å². The summed E-state index contributed by atoms with van der Waals surface area (Å²) >= 11 is 1.75. The average Bonchev–Trinajstić information content (AvgIpc) is 3.12. The lowest BCUT2D eigenvalue weighted by molar-refractivity contribution is 0.202. The van der Waals surface area contributed by atoms with Crippen LogP contribution in [0.1, 0.15) is 24.4 Å². The normalized spacial score (nSPS) is 12.5. The van der Waals surface area contributed by atoms with E-state index in [9.17, 15) is 0 Å². The molecule has 0 saturated carbocycles. The van der Waals surface area contributed by atoms with Gasteiger partial charge in [-0.1, -0.05) is 17.3 Å². The summed E-state index contributed by atoms with van der Waals surface area (Å²) in [6.07, 6.45) is 5.54. The van der Waals surface area contributed by atoms with Gasteiger partial charge in [-0.3, -0.25) is 9.88 Å². The third-order valence-corrected chi connectivity index (χ3v) is 4.71. The number of hydrogen-bond acceptors (Lipinski definition) is 6. The molecule has 0 aliphatic heterocycles. The van der Waals surface area contributed by atoms with Gasteiger partial charge in [0, 0.05) is 29.4 Å². The SMILES string of the molecule is CSc1ccc(CN(C)[C@H](C)c2nc(-c3cccnc3)no2)cc1. The molecule has 6 heteroatoms. The maximum atomic E-state index is 5.44. The molecule has 0 unspecified atom stereocenters. The molecule has 3 rings (SSSR count). The van der Waals surface area contributed by atoms with Gasteiger partial charge in [0.25, 0.3) is 0 Å². The van der Waals surface area contributed by atoms with Crippen molar-refractivity contribution in [3.8, 4) is 11.4 Å². The van der Waals surface area contributed by atoms with Crippen molar-refractivity contribution in [3.63, 3.8) is 0 Å². The summed E-state index contributed by atoms with van der Waals surface area (Å²) in [5.41, 5.74) is 2.11. The Hall–Kier alpha value is -2.18. The van der Waals surface area contributed by atoms with Gasteiger partial charge in [-0.2, -0.15) is 4.98 Å². The van der Waals surface area contributed by atoms with Gasteiger partial charge in [-0.25, -0.2) is 0 Å². The average molecular weight is 340 g/mol. The smallest absolute Gasteiger partial charge is 0.244 e. The van der Waals surface area contributed by atoms with E-state index in [4.69, 9.17) is 4.52 Å². The zero-order chi connectivity index (χ0) is 16.9. The first-order valence-corrected chi connectivity index (χ1v) is 8.97. The summed E-state index contributed by atoms with van der Waals surface area (Å²) in [5.74, 6) is 1.18. The number of nitrogens with zero attached hydrogens (tertiary/aromatic N) is 4. The van der Waals surface area contributed by atoms with Crippen LogP contribution in [-0.4, -0.2) is 33.3 Å². The molecule has 24 heavy (non-hydrogen) atoms. The maximum Gasteiger partial charge on any atom is 0.244 e. The van der Waals surface area contributed by atoms with Crippen molar-refractivity contribution >= 4 is 11.8 Å². The second-order valence-corrected chi connectivity index (χ2v) is 6.52. The van der Waals surface area contributed by atoms with Crippen molar-refractivity contribution in [1.29, 1.82) is 0 Å². The Bertz CT molecular complexity index is 773. The van der Waals surface area contributed by atoms with E-state index in [2.05, 4.69) is 64.5 Å². The van der Waals surface area contributed by atoms with E-state index in [-0.39, 0.29) is 6.04 Å². The lowest BCUT2D eigenvalue weighted by atomic mass is 10.2. The molecule has 124 valence electrons. The predicted octanol–water partition coefficient (Wildman–Crippen LogP) is 4.05. The lowest BCUT2D eigenvalue weighted by Gasteiger charge is -2.21. The van der Waals surface area contributed by atoms with E-state index in [1.165, 1.54) is 10.5 Å². The quantitative estimate of drug-likeness (QED) is 0.631. The number of thioether (sulfide) groups is 1. The summed E-state index contributed by atoms with van der Waals surface area (Å²) < 4.78 is 5.44. The van der Waals surface area contributed by atoms with Crippen LogP contribution in [-0.2, 0) is 6.54 Å². The summed E-state index contributed by atoms with van der Waals surface area (Å²) in [5, 5.41) is 4.06. The summed E-state index contributed by atoms with van der Waals surface area (Å²) in [7, 11) is 2.06. The molecular weight excluding hydrogens is 320 g/mol. The highest BCUT2D eigenvalue weighted by Crippen LogP contribution is 2.23. The fourth-order valence-corrected chi connectivity index (χ4v) is 2.77. The Morgan fingerprint density at radius 3 is 2.67 bits per heavy atom. The highest BCUT2D eigenvalue weighted by Gasteiger charge is 2.19. The number of rotatable bonds is 6. The molecule has 0 radical (unpaired) electrons. The minimum atomic E-state index is 0.0307. The fourth-order valence-electron chi connectivity index (χ4n) is 2.36. The minimum Gasteiger partial charge on any atom is -0.337 e. The van der Waals surface area contributed by atoms with E-state index >= 15 is 0 Å². The molecule has 1 atom stereocenters. The summed E-state index contributed by atoms with van der Waals surface area (Å²) in [6, 6.07) is 12.4. The topological polar surface area (TPSA) is 55.1 Å². The van der Waals surface area contributed by atoms with Crippen LogP contribution in [0.5, 0.6) is 0 Å². The van der Waals surface area contributed by atoms with Gasteiger partial charge < -0.3 is 4.52 Å². The van der Waals surface area contributed by atoms with Crippen molar-refractivity contribution in [1.82, 2.24) is 20.0 Å². The Kier molecular flexibility index (Phi) is 5.27. The Morgan fingerprint density at radius 2 is 2.00 bits per heavy atom. The number of benzene rings is 1. The number of pyridine rings is 1. The molecule has 0 saturated heterocycles. The van der Waals surface area contributed by atoms with E-state index in [0.29, 0.717) is 11.7 Å². The molecule has 2 heterocycles. The minimum absolute atomic E-state index is 0.0307. The molecule has 0 fully saturated rings. The second-order valence-electron chi connectivity index (χ2n) is 5.64. The number of aromatic nitrogens is 3. The fraction of sp³-hybridized carbons (Fsp3) is 0.278. The van der Waals surface area contributed by atoms with Crippen LogP contribution in [0.15, 0.2) is 58.2 Å². The molecule has 2 aromatic heterocycles. The summed E-state index contributed by atoms with van der Waals surface area (Å²) in [4.78, 5) is 12.1. The third kappa shape index (κ3) is 3.83. The van der Waals surface area contributed by atoms with E-state index in [1.807, 2.05) is 12.1 Å². The van der Waals surface area contributed by atoms with Gasteiger partial charge >= 0.3 is 0 Å². The highest BCUT2D eigenvalue weighted by atomic mass is 32.2. The molecule has 0 aliphatic rings. The Labute approximate surface area is 146 Å². The molecule has 0 aliphatic carbocycles. The van der Waals surface area contributed by atoms with Crippen molar-refractivity contribution in [3.05, 3.63) is 60.2 Å². The van der Waals surface area contributed by atoms with Crippen LogP contribution in [0.4, 0.5) is 0 Å². The largest absolute Gasteiger partial charge is 0.337 e. The molecular formula is C18H20N4OS. The number of hydrogen-bond donors (Lipinski definition) is 0. The zero-order valence-corrected chi connectivity index (χ0v) is 14.8. The molecule has 0 spiro atoms. The van der Waals surface area contributed by atoms with Gasteiger partial charge in [-0.15, -0.1) is 11.8 Å². The van der Waals surface area contributed by atoms with Crippen molar-refractivity contribution in [2.24, 2.45) is 0 Å². The first kappa shape index (κ1) is 16.7. The standard InChI is InChI=1S/C18H20N4OS/c1-13(22(2)12-14-6-8-16(24-3)9-7-14)18-20-17(21-23-18)15-5-4-10-19-11-15/h4-11,13H,12H2,1-3H3/t13-/m1/s1. The van der Waals surface area contributed by atoms with E-state index in [1.54, 1.807) is 24.2 Å². The van der Waals surface area contributed by atoms with E-state index < -0.39 is 0 Å². The van der Waals surface area contributed by atoms with E-state index in [0.717, 1.165) is 12.1 Å². The van der Waals surface area contributed by atoms with Gasteiger partial charge in [0.15, 0.2) is 0 Å². The van der Waals surface area contributed by atoms with Crippen LogP contribution in [0, 0.1) is 0 Å². The summed E-state index contributed by atoms with van der Waals surface area (Å²) in [6.45, 7) is 2.89. The molecule has 5 nitrogen and oxygen atoms in total. The van der Waals surface area contributed by atoms with Crippen molar-refractivity contribution < 1.29 is 4.52 Å². The Morgan fingerprint density at radius 1 is 1.21 bits per heavy atom. The van der Waals surface area contributed by atoms with Crippen LogP contribution >= 0.6 is 11.8 Å². The molecule has 0 amide bonds. The second kappa shape index (κ2) is 7.59. The van der Waals surface area contributed by atoms with Crippen LogP contribution in [0.2, 0.25) is 0 Å². The Balaban J connectivity index is 1.69. The van der Waals surface area contributed by atoms with Gasteiger partial charge in [0.1, 0.15) is 0 Å². The lowest BCUT2D eigenvalue weighted by Crippen LogP contribution is -2.22. The van der Waals surface area contributed by atoms with Gasteiger partial charge in [0.05, 0.1) is 6.04 Å². The van der Waals surface area contributed by atoms with Crippen molar-refractivity contribution in [2.75, 3.05) is 13.3 Å².